The fourth-order valence-corrected chi connectivity index (χ4v) is 4.02. The van der Waals surface area contributed by atoms with Crippen molar-refractivity contribution in [2.75, 3.05) is 13.1 Å². The third-order valence-corrected chi connectivity index (χ3v) is 5.43. The van der Waals surface area contributed by atoms with Crippen molar-refractivity contribution in [3.63, 3.8) is 0 Å². The number of thiazole rings is 1. The van der Waals surface area contributed by atoms with Gasteiger partial charge in [-0.05, 0) is 18.9 Å². The van der Waals surface area contributed by atoms with Gasteiger partial charge < -0.3 is 9.47 Å². The molecule has 1 aliphatic heterocycles. The molecule has 4 heterocycles. The summed E-state index contributed by atoms with van der Waals surface area (Å²) in [5.41, 5.74) is 2.44. The third kappa shape index (κ3) is 3.97. The SMILES string of the molecule is O=C(Cn1cccnc1=O)N1CCCC(c2nccn2Cc2cscn2)C1. The molecule has 1 amide bonds. The molecule has 0 bridgehead atoms. The zero-order valence-corrected chi connectivity index (χ0v) is 15.6. The molecule has 0 aromatic carbocycles. The Morgan fingerprint density at radius 1 is 1.19 bits per heavy atom. The number of amides is 1. The van der Waals surface area contributed by atoms with Gasteiger partial charge in [-0.2, -0.15) is 0 Å². The number of carbonyl (C=O) groups is 1. The zero-order chi connectivity index (χ0) is 18.6. The van der Waals surface area contributed by atoms with E-state index in [0.29, 0.717) is 19.6 Å². The van der Waals surface area contributed by atoms with Crippen LogP contribution in [-0.4, -0.2) is 48.0 Å². The van der Waals surface area contributed by atoms with Crippen LogP contribution in [0.15, 0.2) is 46.5 Å². The minimum absolute atomic E-state index is 0.0205. The Bertz CT molecular complexity index is 964. The maximum Gasteiger partial charge on any atom is 0.347 e. The summed E-state index contributed by atoms with van der Waals surface area (Å²) >= 11 is 1.58. The van der Waals surface area contributed by atoms with Crippen molar-refractivity contribution in [2.45, 2.75) is 31.8 Å². The summed E-state index contributed by atoms with van der Waals surface area (Å²) in [5, 5.41) is 2.03. The van der Waals surface area contributed by atoms with Gasteiger partial charge >= 0.3 is 5.69 Å². The van der Waals surface area contributed by atoms with Gasteiger partial charge in [0.1, 0.15) is 12.4 Å². The van der Waals surface area contributed by atoms with Gasteiger partial charge in [0.2, 0.25) is 5.91 Å². The molecule has 1 aliphatic rings. The molecule has 1 fully saturated rings. The first-order valence-electron chi connectivity index (χ1n) is 8.88. The molecule has 0 aliphatic carbocycles. The molecule has 0 radical (unpaired) electrons. The van der Waals surface area contributed by atoms with Gasteiger partial charge in [0.15, 0.2) is 0 Å². The average molecular weight is 384 g/mol. The smallest absolute Gasteiger partial charge is 0.340 e. The number of rotatable bonds is 5. The molecule has 3 aromatic heterocycles. The molecule has 0 spiro atoms. The molecular formula is C18H20N6O2S. The van der Waals surface area contributed by atoms with Crippen LogP contribution in [0.2, 0.25) is 0 Å². The number of piperidine rings is 1. The average Bonchev–Trinajstić information content (AvgIpc) is 3.36. The number of likely N-dealkylation sites (tertiary alicyclic amines) is 1. The van der Waals surface area contributed by atoms with E-state index in [-0.39, 0.29) is 18.4 Å². The van der Waals surface area contributed by atoms with E-state index < -0.39 is 5.69 Å². The Labute approximate surface area is 160 Å². The van der Waals surface area contributed by atoms with Gasteiger partial charge in [0, 0.05) is 49.2 Å². The molecule has 1 unspecified atom stereocenters. The molecule has 3 aromatic rings. The highest BCUT2D eigenvalue weighted by Crippen LogP contribution is 2.26. The van der Waals surface area contributed by atoms with Crippen molar-refractivity contribution in [2.24, 2.45) is 0 Å². The van der Waals surface area contributed by atoms with Crippen LogP contribution in [0.5, 0.6) is 0 Å². The van der Waals surface area contributed by atoms with Crippen molar-refractivity contribution in [3.8, 4) is 0 Å². The van der Waals surface area contributed by atoms with Crippen LogP contribution < -0.4 is 5.69 Å². The van der Waals surface area contributed by atoms with Crippen molar-refractivity contribution in [1.82, 2.24) is 29.0 Å². The van der Waals surface area contributed by atoms with Crippen molar-refractivity contribution in [3.05, 3.63) is 63.7 Å². The first-order valence-corrected chi connectivity index (χ1v) is 9.82. The summed E-state index contributed by atoms with van der Waals surface area (Å²) in [5.74, 6) is 1.11. The molecule has 8 nitrogen and oxygen atoms in total. The Hall–Kier alpha value is -2.81. The van der Waals surface area contributed by atoms with Gasteiger partial charge in [0.25, 0.3) is 0 Å². The van der Waals surface area contributed by atoms with Crippen LogP contribution in [0.3, 0.4) is 0 Å². The van der Waals surface area contributed by atoms with E-state index in [9.17, 15) is 9.59 Å². The molecule has 140 valence electrons. The Balaban J connectivity index is 1.46. The lowest BCUT2D eigenvalue weighted by atomic mass is 9.97. The largest absolute Gasteiger partial charge is 0.347 e. The summed E-state index contributed by atoms with van der Waals surface area (Å²) in [6.07, 6.45) is 8.70. The lowest BCUT2D eigenvalue weighted by Gasteiger charge is -2.32. The number of imidazole rings is 1. The second kappa shape index (κ2) is 7.83. The number of aromatic nitrogens is 5. The van der Waals surface area contributed by atoms with E-state index in [1.807, 2.05) is 22.0 Å². The summed E-state index contributed by atoms with van der Waals surface area (Å²) in [7, 11) is 0. The predicted molar refractivity (Wildman–Crippen MR) is 100 cm³/mol. The van der Waals surface area contributed by atoms with Crippen LogP contribution >= 0.6 is 11.3 Å². The van der Waals surface area contributed by atoms with Gasteiger partial charge in [-0.15, -0.1) is 11.3 Å². The molecule has 0 saturated carbocycles. The van der Waals surface area contributed by atoms with E-state index in [1.165, 1.54) is 10.8 Å². The van der Waals surface area contributed by atoms with E-state index in [0.717, 1.165) is 24.4 Å². The second-order valence-electron chi connectivity index (χ2n) is 6.60. The van der Waals surface area contributed by atoms with E-state index in [2.05, 4.69) is 19.5 Å². The maximum atomic E-state index is 12.7. The lowest BCUT2D eigenvalue weighted by Crippen LogP contribution is -2.42. The van der Waals surface area contributed by atoms with Crippen LogP contribution in [0.25, 0.3) is 0 Å². The van der Waals surface area contributed by atoms with Crippen molar-refractivity contribution in [1.29, 1.82) is 0 Å². The predicted octanol–water partition coefficient (Wildman–Crippen LogP) is 1.35. The third-order valence-electron chi connectivity index (χ3n) is 4.79. The van der Waals surface area contributed by atoms with E-state index in [1.54, 1.807) is 29.8 Å². The summed E-state index contributed by atoms with van der Waals surface area (Å²) in [6, 6.07) is 1.66. The van der Waals surface area contributed by atoms with Gasteiger partial charge in [-0.25, -0.2) is 19.7 Å². The summed E-state index contributed by atoms with van der Waals surface area (Å²) < 4.78 is 3.45. The van der Waals surface area contributed by atoms with Gasteiger partial charge in [-0.3, -0.25) is 9.36 Å². The first kappa shape index (κ1) is 17.6. The van der Waals surface area contributed by atoms with Gasteiger partial charge in [0.05, 0.1) is 17.7 Å². The quantitative estimate of drug-likeness (QED) is 0.663. The Morgan fingerprint density at radius 2 is 2.11 bits per heavy atom. The van der Waals surface area contributed by atoms with E-state index >= 15 is 0 Å². The fourth-order valence-electron chi connectivity index (χ4n) is 3.47. The number of hydrogen-bond donors (Lipinski definition) is 0. The first-order chi connectivity index (χ1) is 13.2. The topological polar surface area (TPSA) is 85.9 Å². The zero-order valence-electron chi connectivity index (χ0n) is 14.8. The maximum absolute atomic E-state index is 12.7. The highest BCUT2D eigenvalue weighted by molar-refractivity contribution is 7.07. The molecule has 9 heteroatoms. The van der Waals surface area contributed by atoms with Gasteiger partial charge in [-0.1, -0.05) is 0 Å². The Kier molecular flexibility index (Phi) is 5.10. The number of hydrogen-bond acceptors (Lipinski definition) is 6. The summed E-state index contributed by atoms with van der Waals surface area (Å²) in [6.45, 7) is 2.03. The number of carbonyl (C=O) groups excluding carboxylic acids is 1. The Morgan fingerprint density at radius 3 is 2.93 bits per heavy atom. The van der Waals surface area contributed by atoms with Crippen LogP contribution in [0.1, 0.15) is 30.3 Å². The number of nitrogens with zero attached hydrogens (tertiary/aromatic N) is 6. The summed E-state index contributed by atoms with van der Waals surface area (Å²) in [4.78, 5) is 38.8. The second-order valence-corrected chi connectivity index (χ2v) is 7.32. The molecule has 27 heavy (non-hydrogen) atoms. The lowest BCUT2D eigenvalue weighted by molar-refractivity contribution is -0.133. The molecular weight excluding hydrogens is 364 g/mol. The van der Waals surface area contributed by atoms with E-state index in [4.69, 9.17) is 0 Å². The minimum Gasteiger partial charge on any atom is -0.340 e. The fraction of sp³-hybridized carbons (Fsp3) is 0.389. The normalized spacial score (nSPS) is 17.2. The van der Waals surface area contributed by atoms with Crippen LogP contribution in [-0.2, 0) is 17.9 Å². The minimum atomic E-state index is -0.404. The molecule has 4 rings (SSSR count). The van der Waals surface area contributed by atoms with Crippen molar-refractivity contribution < 1.29 is 4.79 Å². The van der Waals surface area contributed by atoms with Crippen LogP contribution in [0, 0.1) is 0 Å². The van der Waals surface area contributed by atoms with Crippen LogP contribution in [0.4, 0.5) is 0 Å². The molecule has 1 atom stereocenters. The highest BCUT2D eigenvalue weighted by Gasteiger charge is 2.27. The molecule has 0 N–H and O–H groups in total. The van der Waals surface area contributed by atoms with Crippen molar-refractivity contribution >= 4 is 17.2 Å². The highest BCUT2D eigenvalue weighted by atomic mass is 32.1. The standard InChI is InChI=1S/C18H20N6O2S/c25-16(11-24-7-2-4-20-18(24)26)22-6-1-3-14(9-22)17-19-5-8-23(17)10-15-12-27-13-21-15/h2,4-5,7-8,12-14H,1,3,6,9-11H2. The monoisotopic (exact) mass is 384 g/mol. The molecule has 1 saturated heterocycles.